The Bertz CT molecular complexity index is 987. The minimum Gasteiger partial charge on any atom is -0.317 e. The van der Waals surface area contributed by atoms with Crippen LogP contribution in [0.15, 0.2) is 36.9 Å². The Morgan fingerprint density at radius 2 is 1.92 bits per heavy atom. The molecule has 5 rings (SSSR count). The molecule has 1 fully saturated rings. The molecular weight excluding hydrogens is 318 g/mol. The Hall–Kier alpha value is -2.18. The first-order chi connectivity index (χ1) is 11.8. The molecule has 6 heteroatoms. The van der Waals surface area contributed by atoms with E-state index >= 15 is 0 Å². The highest BCUT2D eigenvalue weighted by Gasteiger charge is 2.19. The molecule has 0 aliphatic carbocycles. The highest BCUT2D eigenvalue weighted by atomic mass is 32.1. The average molecular weight is 337 g/mol. The molecule has 0 aromatic carbocycles. The van der Waals surface area contributed by atoms with Crippen LogP contribution >= 0.6 is 11.3 Å². The van der Waals surface area contributed by atoms with Crippen LogP contribution in [0.25, 0.3) is 21.0 Å². The van der Waals surface area contributed by atoms with Crippen LogP contribution in [0.4, 0.5) is 0 Å². The molecule has 0 saturated carbocycles. The normalized spacial score (nSPS) is 16.4. The fourth-order valence-electron chi connectivity index (χ4n) is 3.53. The second-order valence-corrected chi connectivity index (χ2v) is 7.55. The molecule has 0 amide bonds. The summed E-state index contributed by atoms with van der Waals surface area (Å²) in [5.74, 6) is 0.604. The van der Waals surface area contributed by atoms with Crippen LogP contribution in [0.2, 0.25) is 0 Å². The highest BCUT2D eigenvalue weighted by molar-refractivity contribution is 7.20. The van der Waals surface area contributed by atoms with E-state index in [0.717, 1.165) is 29.4 Å². The lowest BCUT2D eigenvalue weighted by Crippen LogP contribution is -2.26. The smallest absolute Gasteiger partial charge is 0.194 e. The first kappa shape index (κ1) is 14.2. The summed E-state index contributed by atoms with van der Waals surface area (Å²) in [6.07, 6.45) is 11.0. The lowest BCUT2D eigenvalue weighted by molar-refractivity contribution is 0.454. The van der Waals surface area contributed by atoms with Crippen LogP contribution in [0.5, 0.6) is 0 Å². The maximum absolute atomic E-state index is 4.88. The zero-order valence-corrected chi connectivity index (χ0v) is 14.4. The molecule has 1 N–H and O–H groups in total. The quantitative estimate of drug-likeness (QED) is 0.609. The fourth-order valence-corrected chi connectivity index (χ4v) is 4.49. The molecule has 24 heavy (non-hydrogen) atoms. The van der Waals surface area contributed by atoms with Gasteiger partial charge in [0.05, 0.1) is 16.3 Å². The maximum atomic E-state index is 4.88. The minimum atomic E-state index is 0.604. The average Bonchev–Trinajstić information content (AvgIpc) is 3.26. The summed E-state index contributed by atoms with van der Waals surface area (Å²) < 4.78 is 4.27. The molecule has 0 bridgehead atoms. The van der Waals surface area contributed by atoms with Gasteiger partial charge < -0.3 is 9.72 Å². The highest BCUT2D eigenvalue weighted by Crippen LogP contribution is 2.31. The third kappa shape index (κ3) is 2.34. The van der Waals surface area contributed by atoms with Crippen LogP contribution in [0.1, 0.15) is 30.1 Å². The van der Waals surface area contributed by atoms with E-state index in [2.05, 4.69) is 56.0 Å². The second kappa shape index (κ2) is 5.43. The molecule has 5 nitrogen and oxygen atoms in total. The van der Waals surface area contributed by atoms with Crippen molar-refractivity contribution in [3.63, 3.8) is 0 Å². The van der Waals surface area contributed by atoms with E-state index in [4.69, 9.17) is 4.98 Å². The summed E-state index contributed by atoms with van der Waals surface area (Å²) in [5.41, 5.74) is 4.49. The zero-order valence-electron chi connectivity index (χ0n) is 13.6. The Morgan fingerprint density at radius 3 is 2.75 bits per heavy atom. The summed E-state index contributed by atoms with van der Waals surface area (Å²) in [4.78, 5) is 11.7. The van der Waals surface area contributed by atoms with E-state index in [1.807, 2.05) is 6.92 Å². The van der Waals surface area contributed by atoms with Gasteiger partial charge in [0.15, 0.2) is 4.96 Å². The van der Waals surface area contributed by atoms with Gasteiger partial charge in [-0.3, -0.25) is 4.40 Å². The molecular formula is C18H19N5S. The number of aryl methyl sites for hydroxylation is 1. The summed E-state index contributed by atoms with van der Waals surface area (Å²) in [7, 11) is 0. The predicted molar refractivity (Wildman–Crippen MR) is 96.8 cm³/mol. The van der Waals surface area contributed by atoms with Crippen molar-refractivity contribution in [1.29, 1.82) is 0 Å². The predicted octanol–water partition coefficient (Wildman–Crippen LogP) is 3.49. The van der Waals surface area contributed by atoms with Gasteiger partial charge in [-0.05, 0) is 45.0 Å². The van der Waals surface area contributed by atoms with Crippen molar-refractivity contribution in [1.82, 2.24) is 24.1 Å². The number of rotatable bonds is 2. The van der Waals surface area contributed by atoms with Crippen LogP contribution in [-0.2, 0) is 0 Å². The number of pyridine rings is 1. The topological polar surface area (TPSA) is 46.6 Å². The molecule has 4 aromatic rings. The molecule has 0 atom stereocenters. The number of hydrogen-bond acceptors (Lipinski definition) is 4. The van der Waals surface area contributed by atoms with E-state index in [1.165, 1.54) is 29.0 Å². The Kier molecular flexibility index (Phi) is 3.21. The van der Waals surface area contributed by atoms with Gasteiger partial charge >= 0.3 is 0 Å². The Balaban J connectivity index is 1.51. The first-order valence-corrected chi connectivity index (χ1v) is 9.23. The van der Waals surface area contributed by atoms with Crippen molar-refractivity contribution in [3.8, 4) is 10.4 Å². The van der Waals surface area contributed by atoms with E-state index in [1.54, 1.807) is 11.3 Å². The summed E-state index contributed by atoms with van der Waals surface area (Å²) in [6.45, 7) is 4.23. The SMILES string of the molecule is Cc1cn2cc(-c3cn4cc(C5CCNCC5)nc4s3)ccc2n1. The van der Waals surface area contributed by atoms with Crippen molar-refractivity contribution in [2.75, 3.05) is 13.1 Å². The van der Waals surface area contributed by atoms with E-state index in [0.29, 0.717) is 5.92 Å². The van der Waals surface area contributed by atoms with Crippen LogP contribution in [0.3, 0.4) is 0 Å². The van der Waals surface area contributed by atoms with Gasteiger partial charge in [0.25, 0.3) is 0 Å². The Labute approximate surface area is 144 Å². The largest absolute Gasteiger partial charge is 0.317 e. The van der Waals surface area contributed by atoms with Crippen LogP contribution in [0, 0.1) is 6.92 Å². The fraction of sp³-hybridized carbons (Fsp3) is 0.333. The van der Waals surface area contributed by atoms with Gasteiger partial charge in [-0.1, -0.05) is 11.3 Å². The summed E-state index contributed by atoms with van der Waals surface area (Å²) in [6, 6.07) is 4.21. The number of piperidine rings is 1. The monoisotopic (exact) mass is 337 g/mol. The lowest BCUT2D eigenvalue weighted by atomic mass is 9.95. The van der Waals surface area contributed by atoms with E-state index in [9.17, 15) is 0 Å². The molecule has 0 spiro atoms. The van der Waals surface area contributed by atoms with Gasteiger partial charge in [-0.2, -0.15) is 0 Å². The molecule has 122 valence electrons. The van der Waals surface area contributed by atoms with Crippen LogP contribution in [-0.4, -0.2) is 31.9 Å². The molecule has 0 unspecified atom stereocenters. The van der Waals surface area contributed by atoms with Crippen molar-refractivity contribution in [3.05, 3.63) is 48.3 Å². The van der Waals surface area contributed by atoms with E-state index < -0.39 is 0 Å². The van der Waals surface area contributed by atoms with Gasteiger partial charge in [0.1, 0.15) is 5.65 Å². The van der Waals surface area contributed by atoms with Gasteiger partial charge in [0, 0.05) is 36.3 Å². The van der Waals surface area contributed by atoms with Crippen molar-refractivity contribution < 1.29 is 0 Å². The molecule has 5 heterocycles. The number of thiazole rings is 1. The summed E-state index contributed by atoms with van der Waals surface area (Å²) >= 11 is 1.75. The third-order valence-corrected chi connectivity index (χ3v) is 5.83. The molecule has 1 aliphatic heterocycles. The van der Waals surface area contributed by atoms with Gasteiger partial charge in [-0.25, -0.2) is 9.97 Å². The Morgan fingerprint density at radius 1 is 1.04 bits per heavy atom. The number of imidazole rings is 2. The molecule has 1 saturated heterocycles. The molecule has 0 radical (unpaired) electrons. The van der Waals surface area contributed by atoms with Crippen molar-refractivity contribution in [2.24, 2.45) is 0 Å². The lowest BCUT2D eigenvalue weighted by Gasteiger charge is -2.20. The van der Waals surface area contributed by atoms with E-state index in [-0.39, 0.29) is 0 Å². The standard InChI is InChI=1S/C18H19N5S/c1-12-8-22-9-14(2-3-17(22)20-12)16-11-23-10-15(21-18(23)24-16)13-4-6-19-7-5-13/h2-3,8-11,13,19H,4-7H2,1H3. The van der Waals surface area contributed by atoms with Gasteiger partial charge in [0.2, 0.25) is 0 Å². The molecule has 4 aromatic heterocycles. The van der Waals surface area contributed by atoms with Gasteiger partial charge in [-0.15, -0.1) is 0 Å². The number of nitrogens with zero attached hydrogens (tertiary/aromatic N) is 4. The minimum absolute atomic E-state index is 0.604. The number of nitrogens with one attached hydrogen (secondary N) is 1. The number of aromatic nitrogens is 4. The number of fused-ring (bicyclic) bond motifs is 2. The summed E-state index contributed by atoms with van der Waals surface area (Å²) in [5, 5.41) is 3.42. The van der Waals surface area contributed by atoms with Crippen molar-refractivity contribution >= 4 is 21.9 Å². The maximum Gasteiger partial charge on any atom is 0.194 e. The first-order valence-electron chi connectivity index (χ1n) is 8.41. The molecule has 1 aliphatic rings. The zero-order chi connectivity index (χ0) is 16.1. The number of hydrogen-bond donors (Lipinski definition) is 1. The third-order valence-electron chi connectivity index (χ3n) is 4.79. The van der Waals surface area contributed by atoms with Crippen molar-refractivity contribution in [2.45, 2.75) is 25.7 Å². The second-order valence-electron chi connectivity index (χ2n) is 6.54. The van der Waals surface area contributed by atoms with Crippen LogP contribution < -0.4 is 5.32 Å².